The van der Waals surface area contributed by atoms with Crippen molar-refractivity contribution in [3.63, 3.8) is 0 Å². The summed E-state index contributed by atoms with van der Waals surface area (Å²) in [6, 6.07) is 5.20. The average Bonchev–Trinajstić information content (AvgIpc) is 3.20. The lowest BCUT2D eigenvalue weighted by atomic mass is 9.98. The van der Waals surface area contributed by atoms with E-state index in [1.54, 1.807) is 23.1 Å². The van der Waals surface area contributed by atoms with Gasteiger partial charge in [0.15, 0.2) is 0 Å². The lowest BCUT2D eigenvalue weighted by Crippen LogP contribution is -2.45. The highest BCUT2D eigenvalue weighted by Crippen LogP contribution is 2.24. The summed E-state index contributed by atoms with van der Waals surface area (Å²) in [5.41, 5.74) is 7.25. The van der Waals surface area contributed by atoms with Gasteiger partial charge in [-0.15, -0.1) is 12.4 Å². The molecule has 1 fully saturated rings. The maximum atomic E-state index is 12.7. The van der Waals surface area contributed by atoms with E-state index in [2.05, 4.69) is 0 Å². The average molecular weight is 398 g/mol. The second-order valence-electron chi connectivity index (χ2n) is 6.64. The molecule has 2 aliphatic rings. The van der Waals surface area contributed by atoms with Gasteiger partial charge >= 0.3 is 0 Å². The van der Waals surface area contributed by atoms with Gasteiger partial charge in [-0.2, -0.15) is 0 Å². The van der Waals surface area contributed by atoms with Crippen molar-refractivity contribution >= 4 is 24.2 Å². The number of benzene rings is 1. The van der Waals surface area contributed by atoms with Gasteiger partial charge in [-0.3, -0.25) is 9.59 Å². The molecule has 0 unspecified atom stereocenters. The summed E-state index contributed by atoms with van der Waals surface area (Å²) < 4.78 is 18.1. The number of carbonyl (C=O) groups excluding carboxylic acids is 2. The summed E-state index contributed by atoms with van der Waals surface area (Å²) in [6.45, 7) is 2.40. The highest BCUT2D eigenvalue weighted by molar-refractivity contribution is 5.98. The number of ether oxygens (including phenoxy) is 1. The minimum atomic E-state index is -0.128. The smallest absolute Gasteiger partial charge is 0.254 e. The molecule has 2 aliphatic heterocycles. The van der Waals surface area contributed by atoms with Crippen molar-refractivity contribution in [2.45, 2.75) is 19.3 Å². The normalized spacial score (nSPS) is 16.8. The number of hydrogen-bond donors (Lipinski definition) is 1. The van der Waals surface area contributed by atoms with Crippen molar-refractivity contribution in [1.82, 2.24) is 9.80 Å². The number of carbonyl (C=O) groups is 2. The fraction of sp³-hybridized carbons (Fsp3) is 0.474. The molecule has 0 bridgehead atoms. The zero-order valence-electron chi connectivity index (χ0n) is 15.2. The third-order valence-corrected chi connectivity index (χ3v) is 4.87. The van der Waals surface area contributed by atoms with Gasteiger partial charge in [-0.1, -0.05) is 0 Å². The molecule has 2 heterocycles. The van der Waals surface area contributed by atoms with Crippen LogP contribution in [0.25, 0.3) is 0 Å². The summed E-state index contributed by atoms with van der Waals surface area (Å²) >= 11 is 0. The number of rotatable bonds is 6. The van der Waals surface area contributed by atoms with Crippen LogP contribution in [0.5, 0.6) is 5.75 Å². The second kappa shape index (κ2) is 9.71. The van der Waals surface area contributed by atoms with Crippen molar-refractivity contribution in [3.8, 4) is 5.75 Å². The Kier molecular flexibility index (Phi) is 7.62. The van der Waals surface area contributed by atoms with Crippen LogP contribution >= 0.6 is 12.4 Å². The van der Waals surface area contributed by atoms with Crippen LogP contribution in [0.4, 0.5) is 4.39 Å². The third-order valence-electron chi connectivity index (χ3n) is 4.87. The van der Waals surface area contributed by atoms with E-state index in [1.165, 1.54) is 0 Å². The largest absolute Gasteiger partial charge is 0.489 e. The molecule has 148 valence electrons. The number of amides is 2. The molecular weight excluding hydrogens is 373 g/mol. The molecule has 27 heavy (non-hydrogen) atoms. The fourth-order valence-electron chi connectivity index (χ4n) is 3.29. The monoisotopic (exact) mass is 397 g/mol. The van der Waals surface area contributed by atoms with Crippen molar-refractivity contribution in [3.05, 3.63) is 41.2 Å². The number of nitrogens with zero attached hydrogens (tertiary/aromatic N) is 2. The zero-order valence-corrected chi connectivity index (χ0v) is 16.0. The number of fused-ring (bicyclic) bond motifs is 1. The molecule has 2 amide bonds. The van der Waals surface area contributed by atoms with Gasteiger partial charge < -0.3 is 20.3 Å². The molecule has 0 spiro atoms. The Morgan fingerprint density at radius 1 is 1.26 bits per heavy atom. The Hall–Kier alpha value is -2.12. The minimum absolute atomic E-state index is 0. The van der Waals surface area contributed by atoms with E-state index in [0.29, 0.717) is 36.2 Å². The van der Waals surface area contributed by atoms with E-state index in [1.807, 2.05) is 4.90 Å². The van der Waals surface area contributed by atoms with Crippen LogP contribution in [-0.4, -0.2) is 60.9 Å². The summed E-state index contributed by atoms with van der Waals surface area (Å²) in [4.78, 5) is 28.4. The lowest BCUT2D eigenvalue weighted by Gasteiger charge is -2.29. The zero-order chi connectivity index (χ0) is 18.5. The van der Waals surface area contributed by atoms with Crippen LogP contribution in [0.15, 0.2) is 30.1 Å². The Bertz CT molecular complexity index is 720. The van der Waals surface area contributed by atoms with E-state index in [4.69, 9.17) is 10.5 Å². The van der Waals surface area contributed by atoms with Gasteiger partial charge in [-0.25, -0.2) is 4.39 Å². The first-order valence-corrected chi connectivity index (χ1v) is 8.93. The molecule has 1 aromatic carbocycles. The van der Waals surface area contributed by atoms with Crippen LogP contribution in [-0.2, 0) is 11.2 Å². The van der Waals surface area contributed by atoms with Crippen LogP contribution < -0.4 is 10.5 Å². The summed E-state index contributed by atoms with van der Waals surface area (Å²) in [5.74, 6) is 0.467. The molecule has 6 nitrogen and oxygen atoms in total. The molecule has 0 aliphatic carbocycles. The lowest BCUT2D eigenvalue weighted by molar-refractivity contribution is -0.130. The van der Waals surface area contributed by atoms with Crippen LogP contribution in [0.2, 0.25) is 0 Å². The molecule has 1 saturated heterocycles. The summed E-state index contributed by atoms with van der Waals surface area (Å²) in [6.07, 6.45) is 3.19. The number of nitrogens with two attached hydrogens (primary N) is 1. The van der Waals surface area contributed by atoms with Gasteiger partial charge in [0, 0.05) is 37.3 Å². The summed E-state index contributed by atoms with van der Waals surface area (Å²) in [5, 5.41) is 0. The van der Waals surface area contributed by atoms with Crippen molar-refractivity contribution in [2.24, 2.45) is 5.73 Å². The van der Waals surface area contributed by atoms with Gasteiger partial charge in [0.2, 0.25) is 5.91 Å². The van der Waals surface area contributed by atoms with E-state index >= 15 is 0 Å². The first-order valence-electron chi connectivity index (χ1n) is 8.93. The SMILES string of the molecule is Cl.NC/C(=C\F)COc1ccc2c(c1)CCN(CC(=O)N1CCCC1)C2=O. The Morgan fingerprint density at radius 3 is 2.67 bits per heavy atom. The van der Waals surface area contributed by atoms with Crippen LogP contribution in [0.3, 0.4) is 0 Å². The first-order chi connectivity index (χ1) is 12.6. The van der Waals surface area contributed by atoms with E-state index in [0.717, 1.165) is 31.5 Å². The predicted molar refractivity (Wildman–Crippen MR) is 103 cm³/mol. The molecular formula is C19H25ClFN3O3. The standard InChI is InChI=1S/C19H24FN3O3.ClH/c20-10-14(11-21)13-26-16-3-4-17-15(9-16)5-8-23(19(17)25)12-18(24)22-6-1-2-7-22;/h3-4,9-10H,1-2,5-8,11-13,21H2;1H/b14-10+;. The van der Waals surface area contributed by atoms with Crippen molar-refractivity contribution in [2.75, 3.05) is 39.3 Å². The van der Waals surface area contributed by atoms with E-state index < -0.39 is 0 Å². The molecule has 3 rings (SSSR count). The minimum Gasteiger partial charge on any atom is -0.489 e. The highest BCUT2D eigenvalue weighted by atomic mass is 35.5. The number of likely N-dealkylation sites (tertiary alicyclic amines) is 1. The number of halogens is 2. The topological polar surface area (TPSA) is 75.9 Å². The fourth-order valence-corrected chi connectivity index (χ4v) is 3.29. The van der Waals surface area contributed by atoms with Crippen LogP contribution in [0, 0.1) is 0 Å². The van der Waals surface area contributed by atoms with Crippen molar-refractivity contribution in [1.29, 1.82) is 0 Å². The maximum Gasteiger partial charge on any atom is 0.254 e. The second-order valence-corrected chi connectivity index (χ2v) is 6.64. The molecule has 1 aromatic rings. The molecule has 8 heteroatoms. The van der Waals surface area contributed by atoms with Crippen molar-refractivity contribution < 1.29 is 18.7 Å². The van der Waals surface area contributed by atoms with Gasteiger partial charge in [-0.05, 0) is 43.0 Å². The van der Waals surface area contributed by atoms with Gasteiger partial charge in [0.1, 0.15) is 18.9 Å². The molecule has 0 atom stereocenters. The first kappa shape index (κ1) is 21.2. The Morgan fingerprint density at radius 2 is 2.00 bits per heavy atom. The third kappa shape index (κ3) is 4.99. The molecule has 0 radical (unpaired) electrons. The van der Waals surface area contributed by atoms with Gasteiger partial charge in [0.25, 0.3) is 5.91 Å². The Labute approximate surface area is 164 Å². The molecule has 0 aromatic heterocycles. The summed E-state index contributed by atoms with van der Waals surface area (Å²) in [7, 11) is 0. The number of hydrogen-bond acceptors (Lipinski definition) is 4. The van der Waals surface area contributed by atoms with E-state index in [-0.39, 0.29) is 43.9 Å². The highest BCUT2D eigenvalue weighted by Gasteiger charge is 2.28. The predicted octanol–water partition coefficient (Wildman–Crippen LogP) is 1.92. The van der Waals surface area contributed by atoms with E-state index in [9.17, 15) is 14.0 Å². The van der Waals surface area contributed by atoms with Crippen LogP contribution in [0.1, 0.15) is 28.8 Å². The molecule has 2 N–H and O–H groups in total. The quantitative estimate of drug-likeness (QED) is 0.795. The molecule has 0 saturated carbocycles. The van der Waals surface area contributed by atoms with Gasteiger partial charge in [0.05, 0.1) is 6.33 Å². The maximum absolute atomic E-state index is 12.7. The Balaban J connectivity index is 0.00000261.